The highest BCUT2D eigenvalue weighted by molar-refractivity contribution is 5.95. The number of aliphatic hydroxyl groups is 1. The molecule has 4 nitrogen and oxygen atoms in total. The Bertz CT molecular complexity index is 502. The molecule has 1 heterocycles. The van der Waals surface area contributed by atoms with E-state index >= 15 is 0 Å². The van der Waals surface area contributed by atoms with Crippen LogP contribution in [0, 0.1) is 12.3 Å². The first-order chi connectivity index (χ1) is 10.5. The van der Waals surface area contributed by atoms with Crippen LogP contribution in [0.2, 0.25) is 0 Å². The van der Waals surface area contributed by atoms with E-state index in [9.17, 15) is 9.90 Å². The number of anilines is 1. The first-order valence-electron chi connectivity index (χ1n) is 8.23. The second kappa shape index (κ2) is 7.25. The lowest BCUT2D eigenvalue weighted by Gasteiger charge is -2.42. The Hall–Kier alpha value is -1.39. The fourth-order valence-electron chi connectivity index (χ4n) is 3.13. The Balaban J connectivity index is 1.94. The van der Waals surface area contributed by atoms with Crippen LogP contribution >= 0.6 is 0 Å². The fourth-order valence-corrected chi connectivity index (χ4v) is 3.13. The van der Waals surface area contributed by atoms with Crippen molar-refractivity contribution in [2.75, 3.05) is 25.0 Å². The molecule has 0 spiro atoms. The number of likely N-dealkylation sites (tertiary alicyclic amines) is 1. The topological polar surface area (TPSA) is 52.6 Å². The number of aryl methyl sites for hydroxylation is 1. The molecule has 1 aromatic carbocycles. The molecule has 4 heteroatoms. The van der Waals surface area contributed by atoms with Gasteiger partial charge >= 0.3 is 0 Å². The van der Waals surface area contributed by atoms with Crippen molar-refractivity contribution < 1.29 is 9.90 Å². The predicted molar refractivity (Wildman–Crippen MR) is 89.9 cm³/mol. The van der Waals surface area contributed by atoms with Gasteiger partial charge in [-0.05, 0) is 63.2 Å². The lowest BCUT2D eigenvalue weighted by molar-refractivity contribution is -0.121. The first-order valence-corrected chi connectivity index (χ1v) is 8.23. The highest BCUT2D eigenvalue weighted by Crippen LogP contribution is 2.34. The van der Waals surface area contributed by atoms with Crippen molar-refractivity contribution in [2.45, 2.75) is 46.1 Å². The van der Waals surface area contributed by atoms with Gasteiger partial charge in [0.2, 0.25) is 5.91 Å². The second-order valence-electron chi connectivity index (χ2n) is 6.53. The zero-order valence-corrected chi connectivity index (χ0v) is 13.9. The number of rotatable bonds is 5. The molecular weight excluding hydrogens is 276 g/mol. The van der Waals surface area contributed by atoms with Gasteiger partial charge in [-0.2, -0.15) is 0 Å². The van der Waals surface area contributed by atoms with E-state index in [1.807, 2.05) is 38.1 Å². The molecule has 2 rings (SSSR count). The van der Waals surface area contributed by atoms with E-state index in [2.05, 4.69) is 17.1 Å². The van der Waals surface area contributed by atoms with Crippen LogP contribution in [0.3, 0.4) is 0 Å². The number of piperidine rings is 1. The van der Waals surface area contributed by atoms with Crippen LogP contribution in [0.5, 0.6) is 0 Å². The molecule has 2 N–H and O–H groups in total. The van der Waals surface area contributed by atoms with Gasteiger partial charge in [-0.25, -0.2) is 0 Å². The molecule has 1 fully saturated rings. The van der Waals surface area contributed by atoms with Gasteiger partial charge in [0.15, 0.2) is 0 Å². The largest absolute Gasteiger partial charge is 0.396 e. The molecule has 0 aliphatic carbocycles. The summed E-state index contributed by atoms with van der Waals surface area (Å²) in [5, 5.41) is 12.6. The van der Waals surface area contributed by atoms with Crippen molar-refractivity contribution >= 4 is 11.6 Å². The number of para-hydroxylation sites is 1. The molecule has 1 atom stereocenters. The smallest absolute Gasteiger partial charge is 0.241 e. The Labute approximate surface area is 133 Å². The van der Waals surface area contributed by atoms with Crippen LogP contribution < -0.4 is 5.32 Å². The van der Waals surface area contributed by atoms with Crippen LogP contribution in [0.1, 0.15) is 38.7 Å². The number of carbonyl (C=O) groups excluding carboxylic acids is 1. The van der Waals surface area contributed by atoms with Gasteiger partial charge in [0.1, 0.15) is 0 Å². The van der Waals surface area contributed by atoms with E-state index < -0.39 is 0 Å². The molecule has 122 valence electrons. The van der Waals surface area contributed by atoms with Gasteiger partial charge in [-0.1, -0.05) is 25.1 Å². The molecule has 0 radical (unpaired) electrons. The van der Waals surface area contributed by atoms with Crippen LogP contribution in [0.15, 0.2) is 24.3 Å². The predicted octanol–water partition coefficient (Wildman–Crippen LogP) is 2.81. The third-order valence-electron chi connectivity index (χ3n) is 5.27. The maximum Gasteiger partial charge on any atom is 0.241 e. The average molecular weight is 304 g/mol. The summed E-state index contributed by atoms with van der Waals surface area (Å²) in [5.41, 5.74) is 2.02. The van der Waals surface area contributed by atoms with Gasteiger partial charge in [-0.15, -0.1) is 0 Å². The van der Waals surface area contributed by atoms with E-state index in [1.54, 1.807) is 0 Å². The van der Waals surface area contributed by atoms with Crippen LogP contribution in [0.4, 0.5) is 5.69 Å². The highest BCUT2D eigenvalue weighted by atomic mass is 16.3. The molecule has 1 aliphatic rings. The minimum absolute atomic E-state index is 0.0438. The summed E-state index contributed by atoms with van der Waals surface area (Å²) in [4.78, 5) is 14.7. The molecule has 22 heavy (non-hydrogen) atoms. The third kappa shape index (κ3) is 3.68. The number of carbonyl (C=O) groups is 1. The molecule has 0 aromatic heterocycles. The summed E-state index contributed by atoms with van der Waals surface area (Å²) in [5.74, 6) is 0.0438. The molecule has 1 saturated heterocycles. The number of amides is 1. The zero-order chi connectivity index (χ0) is 16.2. The van der Waals surface area contributed by atoms with Crippen molar-refractivity contribution in [2.24, 2.45) is 5.41 Å². The fraction of sp³-hybridized carbons (Fsp3) is 0.611. The van der Waals surface area contributed by atoms with Crippen LogP contribution in [-0.2, 0) is 4.79 Å². The number of hydrogen-bond donors (Lipinski definition) is 2. The van der Waals surface area contributed by atoms with Gasteiger partial charge in [0.05, 0.1) is 6.04 Å². The van der Waals surface area contributed by atoms with E-state index in [1.165, 1.54) is 0 Å². The van der Waals surface area contributed by atoms with E-state index in [0.29, 0.717) is 0 Å². The van der Waals surface area contributed by atoms with Crippen LogP contribution in [0.25, 0.3) is 0 Å². The van der Waals surface area contributed by atoms with Crippen molar-refractivity contribution in [1.29, 1.82) is 0 Å². The summed E-state index contributed by atoms with van der Waals surface area (Å²) in [6.45, 7) is 8.10. The summed E-state index contributed by atoms with van der Waals surface area (Å²) < 4.78 is 0. The number of hydrogen-bond acceptors (Lipinski definition) is 3. The number of benzene rings is 1. The maximum absolute atomic E-state index is 12.5. The van der Waals surface area contributed by atoms with Gasteiger partial charge in [0.25, 0.3) is 0 Å². The van der Waals surface area contributed by atoms with E-state index in [0.717, 1.165) is 43.6 Å². The maximum atomic E-state index is 12.5. The summed E-state index contributed by atoms with van der Waals surface area (Å²) in [6.07, 6.45) is 2.92. The quantitative estimate of drug-likeness (QED) is 0.879. The SMILES string of the molecule is CCC1(CO)CCN(C(C)C(=O)Nc2ccccc2C)CC1. The Morgan fingerprint density at radius 1 is 1.36 bits per heavy atom. The minimum atomic E-state index is -0.145. The molecular formula is C18H28N2O2. The van der Waals surface area contributed by atoms with Crippen molar-refractivity contribution in [3.05, 3.63) is 29.8 Å². The van der Waals surface area contributed by atoms with Crippen molar-refractivity contribution in [3.8, 4) is 0 Å². The van der Waals surface area contributed by atoms with Gasteiger partial charge in [0, 0.05) is 12.3 Å². The number of nitrogens with one attached hydrogen (secondary N) is 1. The van der Waals surface area contributed by atoms with Crippen LogP contribution in [-0.4, -0.2) is 41.7 Å². The molecule has 1 unspecified atom stereocenters. The summed E-state index contributed by atoms with van der Waals surface area (Å²) >= 11 is 0. The zero-order valence-electron chi connectivity index (χ0n) is 13.9. The highest BCUT2D eigenvalue weighted by Gasteiger charge is 2.35. The average Bonchev–Trinajstić information content (AvgIpc) is 2.56. The third-order valence-corrected chi connectivity index (χ3v) is 5.27. The van der Waals surface area contributed by atoms with Gasteiger partial charge in [-0.3, -0.25) is 9.69 Å². The molecule has 0 saturated carbocycles. The Morgan fingerprint density at radius 2 is 2.00 bits per heavy atom. The molecule has 1 amide bonds. The summed E-state index contributed by atoms with van der Waals surface area (Å²) in [6, 6.07) is 7.69. The molecule has 1 aliphatic heterocycles. The monoisotopic (exact) mass is 304 g/mol. The lowest BCUT2D eigenvalue weighted by atomic mass is 9.76. The first kappa shape index (κ1) is 17.0. The Morgan fingerprint density at radius 3 is 2.55 bits per heavy atom. The number of aliphatic hydroxyl groups excluding tert-OH is 1. The van der Waals surface area contributed by atoms with Crippen molar-refractivity contribution in [3.63, 3.8) is 0 Å². The minimum Gasteiger partial charge on any atom is -0.396 e. The van der Waals surface area contributed by atoms with E-state index in [4.69, 9.17) is 0 Å². The molecule has 0 bridgehead atoms. The van der Waals surface area contributed by atoms with Crippen molar-refractivity contribution in [1.82, 2.24) is 4.90 Å². The summed E-state index contributed by atoms with van der Waals surface area (Å²) in [7, 11) is 0. The number of nitrogens with zero attached hydrogens (tertiary/aromatic N) is 1. The molecule has 1 aromatic rings. The van der Waals surface area contributed by atoms with Gasteiger partial charge < -0.3 is 10.4 Å². The van der Waals surface area contributed by atoms with E-state index in [-0.39, 0.29) is 24.0 Å². The second-order valence-corrected chi connectivity index (χ2v) is 6.53. The standard InChI is InChI=1S/C18H28N2O2/c1-4-18(13-21)9-11-20(12-10-18)15(3)17(22)19-16-8-6-5-7-14(16)2/h5-8,15,21H,4,9-13H2,1-3H3,(H,19,22). The lowest BCUT2D eigenvalue weighted by Crippen LogP contribution is -2.49. The normalized spacial score (nSPS) is 19.6. The Kier molecular flexibility index (Phi) is 5.59.